The minimum Gasteiger partial charge on any atom is -0.381 e. The maximum Gasteiger partial charge on any atom is 0.231 e. The largest absolute Gasteiger partial charge is 0.381 e. The van der Waals surface area contributed by atoms with Gasteiger partial charge in [-0.05, 0) is 12.5 Å². The summed E-state index contributed by atoms with van der Waals surface area (Å²) < 4.78 is 10.6. The lowest BCUT2D eigenvalue weighted by molar-refractivity contribution is 0.149. The number of ether oxygens (including phenoxy) is 1. The Morgan fingerprint density at radius 3 is 2.75 bits per heavy atom. The van der Waals surface area contributed by atoms with Gasteiger partial charge >= 0.3 is 0 Å². The molecule has 1 heterocycles. The second-order valence-electron chi connectivity index (χ2n) is 4.72. The summed E-state index contributed by atoms with van der Waals surface area (Å²) in [7, 11) is 0. The number of hydrogen-bond donors (Lipinski definition) is 1. The quantitative estimate of drug-likeness (QED) is 0.786. The van der Waals surface area contributed by atoms with Gasteiger partial charge in [0.15, 0.2) is 5.82 Å². The zero-order chi connectivity index (χ0) is 14.4. The van der Waals surface area contributed by atoms with Crippen LogP contribution in [0.5, 0.6) is 0 Å². The van der Waals surface area contributed by atoms with Gasteiger partial charge in [-0.2, -0.15) is 4.98 Å². The van der Waals surface area contributed by atoms with Crippen LogP contribution in [0.2, 0.25) is 0 Å². The van der Waals surface area contributed by atoms with Crippen LogP contribution in [0.4, 0.5) is 0 Å². The summed E-state index contributed by atoms with van der Waals surface area (Å²) in [5, 5.41) is 3.96. The highest BCUT2D eigenvalue weighted by Gasteiger charge is 2.22. The van der Waals surface area contributed by atoms with Crippen molar-refractivity contribution in [3.63, 3.8) is 0 Å². The van der Waals surface area contributed by atoms with Gasteiger partial charge in [0.2, 0.25) is 5.89 Å². The van der Waals surface area contributed by atoms with Crippen molar-refractivity contribution >= 4 is 0 Å². The highest BCUT2D eigenvalue weighted by Crippen LogP contribution is 2.27. The Balaban J connectivity index is 2.00. The maximum atomic E-state index is 6.25. The number of rotatable bonds is 7. The Kier molecular flexibility index (Phi) is 5.26. The van der Waals surface area contributed by atoms with Gasteiger partial charge in [-0.3, -0.25) is 0 Å². The van der Waals surface area contributed by atoms with Crippen molar-refractivity contribution in [3.8, 4) is 0 Å². The van der Waals surface area contributed by atoms with E-state index in [-0.39, 0.29) is 12.0 Å². The van der Waals surface area contributed by atoms with Crippen LogP contribution in [0, 0.1) is 0 Å². The molecule has 0 aliphatic carbocycles. The monoisotopic (exact) mass is 275 g/mol. The van der Waals surface area contributed by atoms with E-state index in [0.717, 1.165) is 5.56 Å². The third-order valence-electron chi connectivity index (χ3n) is 3.27. The van der Waals surface area contributed by atoms with E-state index < -0.39 is 0 Å². The average molecular weight is 275 g/mol. The molecule has 0 aliphatic rings. The first kappa shape index (κ1) is 14.7. The Hall–Kier alpha value is -1.72. The van der Waals surface area contributed by atoms with Gasteiger partial charge in [0, 0.05) is 19.1 Å². The van der Waals surface area contributed by atoms with Crippen LogP contribution >= 0.6 is 0 Å². The standard InChI is InChI=1S/C15H21N3O2/c1-3-19-10-9-13-17-15(20-18-13)11(2)14(16)12-7-5-4-6-8-12/h4-8,11,14H,3,9-10,16H2,1-2H3. The average Bonchev–Trinajstić information content (AvgIpc) is 2.96. The molecule has 5 nitrogen and oxygen atoms in total. The summed E-state index contributed by atoms with van der Waals surface area (Å²) in [6, 6.07) is 9.78. The van der Waals surface area contributed by atoms with Crippen LogP contribution in [-0.2, 0) is 11.2 Å². The smallest absolute Gasteiger partial charge is 0.231 e. The minimum absolute atomic E-state index is 0.0225. The van der Waals surface area contributed by atoms with Gasteiger partial charge in [0.1, 0.15) is 0 Å². The lowest BCUT2D eigenvalue weighted by atomic mass is 9.95. The molecule has 108 valence electrons. The molecule has 0 saturated heterocycles. The molecule has 2 unspecified atom stereocenters. The maximum absolute atomic E-state index is 6.25. The molecule has 5 heteroatoms. The van der Waals surface area contributed by atoms with Crippen LogP contribution in [0.1, 0.15) is 43.1 Å². The van der Waals surface area contributed by atoms with Gasteiger partial charge in [-0.15, -0.1) is 0 Å². The van der Waals surface area contributed by atoms with Crippen molar-refractivity contribution in [1.82, 2.24) is 10.1 Å². The zero-order valence-corrected chi connectivity index (χ0v) is 12.0. The van der Waals surface area contributed by atoms with Gasteiger partial charge < -0.3 is 15.0 Å². The lowest BCUT2D eigenvalue weighted by Crippen LogP contribution is -2.18. The number of nitrogens with two attached hydrogens (primary N) is 1. The number of benzene rings is 1. The number of hydrogen-bond acceptors (Lipinski definition) is 5. The predicted octanol–water partition coefficient (Wildman–Crippen LogP) is 2.45. The number of nitrogens with zero attached hydrogens (tertiary/aromatic N) is 2. The fourth-order valence-electron chi connectivity index (χ4n) is 1.98. The normalized spacial score (nSPS) is 14.2. The number of aromatic nitrogens is 2. The van der Waals surface area contributed by atoms with Crippen molar-refractivity contribution in [2.45, 2.75) is 32.2 Å². The van der Waals surface area contributed by atoms with Gasteiger partial charge in [0.05, 0.1) is 12.5 Å². The Bertz CT molecular complexity index is 513. The highest BCUT2D eigenvalue weighted by molar-refractivity contribution is 5.21. The minimum atomic E-state index is -0.156. The third kappa shape index (κ3) is 3.65. The fourth-order valence-corrected chi connectivity index (χ4v) is 1.98. The topological polar surface area (TPSA) is 74.2 Å². The third-order valence-corrected chi connectivity index (χ3v) is 3.27. The van der Waals surface area contributed by atoms with Crippen molar-refractivity contribution < 1.29 is 9.26 Å². The molecule has 2 rings (SSSR count). The second kappa shape index (κ2) is 7.17. The Labute approximate surface area is 119 Å². The summed E-state index contributed by atoms with van der Waals surface area (Å²) in [5.41, 5.74) is 7.31. The first-order valence-corrected chi connectivity index (χ1v) is 6.93. The molecule has 2 atom stereocenters. The summed E-state index contributed by atoms with van der Waals surface area (Å²) >= 11 is 0. The molecule has 2 N–H and O–H groups in total. The molecule has 1 aromatic heterocycles. The molecule has 20 heavy (non-hydrogen) atoms. The predicted molar refractivity (Wildman–Crippen MR) is 76.3 cm³/mol. The van der Waals surface area contributed by atoms with E-state index in [1.165, 1.54) is 0 Å². The van der Waals surface area contributed by atoms with E-state index in [1.807, 2.05) is 44.2 Å². The van der Waals surface area contributed by atoms with Crippen molar-refractivity contribution in [3.05, 3.63) is 47.6 Å². The highest BCUT2D eigenvalue weighted by atomic mass is 16.5. The van der Waals surface area contributed by atoms with E-state index in [1.54, 1.807) is 0 Å². The Morgan fingerprint density at radius 1 is 1.30 bits per heavy atom. The van der Waals surface area contributed by atoms with Gasteiger partial charge in [-0.1, -0.05) is 42.4 Å². The summed E-state index contributed by atoms with van der Waals surface area (Å²) in [5.74, 6) is 1.22. The molecule has 0 radical (unpaired) electrons. The summed E-state index contributed by atoms with van der Waals surface area (Å²) in [6.45, 7) is 5.26. The van der Waals surface area contributed by atoms with Crippen molar-refractivity contribution in [2.75, 3.05) is 13.2 Å². The second-order valence-corrected chi connectivity index (χ2v) is 4.72. The molecule has 0 saturated carbocycles. The fraction of sp³-hybridized carbons (Fsp3) is 0.467. The Morgan fingerprint density at radius 2 is 2.05 bits per heavy atom. The van der Waals surface area contributed by atoms with E-state index in [4.69, 9.17) is 15.0 Å². The molecular formula is C15H21N3O2. The van der Waals surface area contributed by atoms with Gasteiger partial charge in [0.25, 0.3) is 0 Å². The van der Waals surface area contributed by atoms with Crippen LogP contribution in [0.25, 0.3) is 0 Å². The SMILES string of the molecule is CCOCCc1noc(C(C)C(N)c2ccccc2)n1. The van der Waals surface area contributed by atoms with E-state index in [9.17, 15) is 0 Å². The van der Waals surface area contributed by atoms with E-state index in [2.05, 4.69) is 10.1 Å². The first-order valence-electron chi connectivity index (χ1n) is 6.93. The van der Waals surface area contributed by atoms with E-state index in [0.29, 0.717) is 31.3 Å². The van der Waals surface area contributed by atoms with Crippen LogP contribution in [0.15, 0.2) is 34.9 Å². The molecule has 0 amide bonds. The lowest BCUT2D eigenvalue weighted by Gasteiger charge is -2.16. The molecule has 0 fully saturated rings. The first-order chi connectivity index (χ1) is 9.72. The molecule has 0 bridgehead atoms. The van der Waals surface area contributed by atoms with Crippen molar-refractivity contribution in [1.29, 1.82) is 0 Å². The van der Waals surface area contributed by atoms with Crippen molar-refractivity contribution in [2.24, 2.45) is 5.73 Å². The molecular weight excluding hydrogens is 254 g/mol. The molecule has 0 spiro atoms. The van der Waals surface area contributed by atoms with Gasteiger partial charge in [-0.25, -0.2) is 0 Å². The van der Waals surface area contributed by atoms with E-state index >= 15 is 0 Å². The van der Waals surface area contributed by atoms with Crippen LogP contribution in [-0.4, -0.2) is 23.4 Å². The summed E-state index contributed by atoms with van der Waals surface area (Å²) in [4.78, 5) is 4.39. The molecule has 0 aliphatic heterocycles. The molecule has 1 aromatic carbocycles. The molecule has 2 aromatic rings. The zero-order valence-electron chi connectivity index (χ0n) is 12.0. The summed E-state index contributed by atoms with van der Waals surface area (Å²) in [6.07, 6.45) is 0.657. The van der Waals surface area contributed by atoms with Crippen LogP contribution < -0.4 is 5.73 Å². The van der Waals surface area contributed by atoms with Crippen LogP contribution in [0.3, 0.4) is 0 Å².